The number of carbonyl (C=O) groups is 2. The third-order valence-electron chi connectivity index (χ3n) is 14.0. The van der Waals surface area contributed by atoms with E-state index in [1.807, 2.05) is 24.3 Å². The molecular weight excluding hydrogens is 620 g/mol. The standard InChI is InChI=1S/C41H55ClN2O4/c1-23(2)34-30(45)21-41(37-44-43-36(48-37)25-9-11-26(42)12-10-25)20-16-29-27(35(34)41)13-14-32-39(7)19-17-31(47-33(46)22-38(4,5)6)24(3)28(39)15-18-40(29,32)8/h9-12,23-24,27-29,31-32H,13-22H2,1-8H3. The lowest BCUT2D eigenvalue weighted by Gasteiger charge is -2.67. The van der Waals surface area contributed by atoms with Gasteiger partial charge in [-0.05, 0) is 139 Å². The number of aromatic nitrogens is 2. The number of benzene rings is 1. The average molecular weight is 675 g/mol. The first-order valence-corrected chi connectivity index (χ1v) is 19.0. The summed E-state index contributed by atoms with van der Waals surface area (Å²) in [6.45, 7) is 18.2. The van der Waals surface area contributed by atoms with E-state index in [4.69, 9.17) is 20.8 Å². The minimum absolute atomic E-state index is 0.0179. The van der Waals surface area contributed by atoms with Crippen LogP contribution in [0.4, 0.5) is 0 Å². The third kappa shape index (κ3) is 5.33. The Labute approximate surface area is 292 Å². The van der Waals surface area contributed by atoms with Crippen LogP contribution < -0.4 is 0 Å². The van der Waals surface area contributed by atoms with E-state index in [0.717, 1.165) is 43.2 Å². The second kappa shape index (κ2) is 11.8. The molecule has 0 N–H and O–H groups in total. The molecule has 0 saturated heterocycles. The van der Waals surface area contributed by atoms with E-state index in [9.17, 15) is 9.59 Å². The Morgan fingerprint density at radius 2 is 1.65 bits per heavy atom. The van der Waals surface area contributed by atoms with Crippen molar-refractivity contribution >= 4 is 23.4 Å². The van der Waals surface area contributed by atoms with Crippen molar-refractivity contribution < 1.29 is 18.7 Å². The number of allylic oxidation sites excluding steroid dienone is 2. The molecule has 2 aromatic rings. The van der Waals surface area contributed by atoms with Crippen LogP contribution in [0.2, 0.25) is 5.02 Å². The average Bonchev–Trinajstić information content (AvgIpc) is 3.61. The Hall–Kier alpha value is -2.47. The van der Waals surface area contributed by atoms with Crippen LogP contribution in [-0.2, 0) is 19.7 Å². The summed E-state index contributed by atoms with van der Waals surface area (Å²) < 4.78 is 12.7. The maximum Gasteiger partial charge on any atom is 0.306 e. The molecule has 5 aliphatic rings. The highest BCUT2D eigenvalue weighted by Crippen LogP contribution is 2.71. The molecule has 0 spiro atoms. The Kier molecular flexibility index (Phi) is 8.36. The van der Waals surface area contributed by atoms with E-state index in [2.05, 4.69) is 65.6 Å². The smallest absolute Gasteiger partial charge is 0.306 e. The summed E-state index contributed by atoms with van der Waals surface area (Å²) in [5.41, 5.74) is 3.05. The number of nitrogens with zero attached hydrogens (tertiary/aromatic N) is 2. The van der Waals surface area contributed by atoms with E-state index in [1.165, 1.54) is 24.8 Å². The van der Waals surface area contributed by atoms with Gasteiger partial charge in [0.15, 0.2) is 5.78 Å². The van der Waals surface area contributed by atoms with Gasteiger partial charge in [0.2, 0.25) is 11.8 Å². The second-order valence-electron chi connectivity index (χ2n) is 18.3. The molecule has 7 heteroatoms. The van der Waals surface area contributed by atoms with Crippen molar-refractivity contribution in [2.45, 2.75) is 131 Å². The summed E-state index contributed by atoms with van der Waals surface area (Å²) in [6, 6.07) is 7.50. The quantitative estimate of drug-likeness (QED) is 0.294. The van der Waals surface area contributed by atoms with Crippen molar-refractivity contribution in [2.75, 3.05) is 0 Å². The van der Waals surface area contributed by atoms with Crippen molar-refractivity contribution in [3.05, 3.63) is 46.3 Å². The number of ketones is 1. The van der Waals surface area contributed by atoms with Gasteiger partial charge >= 0.3 is 5.97 Å². The molecule has 48 heavy (non-hydrogen) atoms. The second-order valence-corrected chi connectivity index (χ2v) is 18.7. The predicted molar refractivity (Wildman–Crippen MR) is 188 cm³/mol. The van der Waals surface area contributed by atoms with Crippen LogP contribution in [0, 0.1) is 51.8 Å². The fraction of sp³-hybridized carbons (Fsp3) is 0.707. The Balaban J connectivity index is 1.18. The normalized spacial score (nSPS) is 37.9. The molecule has 7 rings (SSSR count). The van der Waals surface area contributed by atoms with Crippen molar-refractivity contribution in [2.24, 2.45) is 51.8 Å². The number of carbonyl (C=O) groups excluding carboxylic acids is 2. The molecule has 0 radical (unpaired) electrons. The Morgan fingerprint density at radius 1 is 0.979 bits per heavy atom. The zero-order valence-electron chi connectivity index (χ0n) is 30.3. The molecule has 6 nitrogen and oxygen atoms in total. The number of ether oxygens (including phenoxy) is 1. The summed E-state index contributed by atoms with van der Waals surface area (Å²) in [5, 5.41) is 9.85. The monoisotopic (exact) mass is 674 g/mol. The number of Topliss-reactive ketones (excluding diaryl/α,β-unsaturated/α-hetero) is 1. The summed E-state index contributed by atoms with van der Waals surface area (Å²) in [4.78, 5) is 26.9. The maximum absolute atomic E-state index is 14.0. The van der Waals surface area contributed by atoms with Gasteiger partial charge in [-0.3, -0.25) is 9.59 Å². The van der Waals surface area contributed by atoms with Crippen LogP contribution in [0.25, 0.3) is 11.5 Å². The van der Waals surface area contributed by atoms with Crippen molar-refractivity contribution in [1.29, 1.82) is 0 Å². The van der Waals surface area contributed by atoms with Gasteiger partial charge in [0.25, 0.3) is 0 Å². The molecule has 5 aliphatic carbocycles. The van der Waals surface area contributed by atoms with Crippen LogP contribution in [0.1, 0.15) is 125 Å². The van der Waals surface area contributed by atoms with E-state index in [0.29, 0.717) is 59.2 Å². The third-order valence-corrected chi connectivity index (χ3v) is 14.3. The first-order valence-electron chi connectivity index (χ1n) is 18.6. The van der Waals surface area contributed by atoms with Crippen molar-refractivity contribution in [3.8, 4) is 11.5 Å². The van der Waals surface area contributed by atoms with Gasteiger partial charge < -0.3 is 9.15 Å². The van der Waals surface area contributed by atoms with E-state index in [-0.39, 0.29) is 40.0 Å². The van der Waals surface area contributed by atoms with Gasteiger partial charge in [-0.25, -0.2) is 0 Å². The number of esters is 1. The molecule has 260 valence electrons. The van der Waals surface area contributed by atoms with Crippen LogP contribution in [0.15, 0.2) is 39.8 Å². The van der Waals surface area contributed by atoms with Gasteiger partial charge in [-0.2, -0.15) is 0 Å². The fourth-order valence-corrected chi connectivity index (χ4v) is 12.2. The van der Waals surface area contributed by atoms with Gasteiger partial charge in [-0.1, -0.05) is 67.0 Å². The molecule has 9 atom stereocenters. The summed E-state index contributed by atoms with van der Waals surface area (Å²) >= 11 is 6.15. The van der Waals surface area contributed by atoms with E-state index in [1.54, 1.807) is 0 Å². The van der Waals surface area contributed by atoms with Crippen LogP contribution in [0.5, 0.6) is 0 Å². The molecule has 1 heterocycles. The first-order chi connectivity index (χ1) is 22.6. The molecule has 4 saturated carbocycles. The minimum atomic E-state index is -0.511. The first kappa shape index (κ1) is 34.0. The molecule has 0 aliphatic heterocycles. The number of hydrogen-bond donors (Lipinski definition) is 0. The predicted octanol–water partition coefficient (Wildman–Crippen LogP) is 10.2. The minimum Gasteiger partial charge on any atom is -0.462 e. The Morgan fingerprint density at radius 3 is 2.33 bits per heavy atom. The number of halogens is 1. The Bertz CT molecular complexity index is 1620. The fourth-order valence-electron chi connectivity index (χ4n) is 12.1. The molecule has 9 unspecified atom stereocenters. The zero-order valence-corrected chi connectivity index (χ0v) is 31.1. The van der Waals surface area contributed by atoms with E-state index < -0.39 is 5.41 Å². The van der Waals surface area contributed by atoms with Gasteiger partial charge in [0, 0.05) is 17.0 Å². The highest BCUT2D eigenvalue weighted by molar-refractivity contribution is 6.30. The number of hydrogen-bond acceptors (Lipinski definition) is 6. The van der Waals surface area contributed by atoms with Crippen molar-refractivity contribution in [1.82, 2.24) is 10.2 Å². The lowest BCUT2D eigenvalue weighted by molar-refractivity contribution is -0.190. The maximum atomic E-state index is 14.0. The van der Waals surface area contributed by atoms with Crippen LogP contribution >= 0.6 is 11.6 Å². The topological polar surface area (TPSA) is 82.3 Å². The molecule has 1 aromatic heterocycles. The highest BCUT2D eigenvalue weighted by Gasteiger charge is 2.66. The SMILES string of the molecule is CC(C)C1=C2C3CCC4C(C)(CCC5C(C)C(OC(=O)CC(C)(C)C)CCC54C)C3CCC2(c2nnc(-c3ccc(Cl)cc3)o2)CC1=O. The van der Waals surface area contributed by atoms with Gasteiger partial charge in [0.1, 0.15) is 6.10 Å². The van der Waals surface area contributed by atoms with Crippen molar-refractivity contribution in [3.63, 3.8) is 0 Å². The number of fused-ring (bicyclic) bond motifs is 7. The number of rotatable bonds is 5. The van der Waals surface area contributed by atoms with Crippen LogP contribution in [-0.4, -0.2) is 28.1 Å². The summed E-state index contributed by atoms with van der Waals surface area (Å²) in [7, 11) is 0. The largest absolute Gasteiger partial charge is 0.462 e. The molecule has 0 amide bonds. The van der Waals surface area contributed by atoms with Gasteiger partial charge in [-0.15, -0.1) is 10.2 Å². The van der Waals surface area contributed by atoms with Crippen LogP contribution in [0.3, 0.4) is 0 Å². The molecule has 0 bridgehead atoms. The molecule has 1 aromatic carbocycles. The highest BCUT2D eigenvalue weighted by atomic mass is 35.5. The summed E-state index contributed by atoms with van der Waals surface area (Å²) in [5.74, 6) is 3.88. The summed E-state index contributed by atoms with van der Waals surface area (Å²) in [6.07, 6.45) is 9.58. The zero-order chi connectivity index (χ0) is 34.4. The molecule has 4 fully saturated rings. The van der Waals surface area contributed by atoms with Gasteiger partial charge in [0.05, 0.1) is 11.8 Å². The lowest BCUT2D eigenvalue weighted by Crippen LogP contribution is -2.60. The van der Waals surface area contributed by atoms with E-state index >= 15 is 0 Å². The lowest BCUT2D eigenvalue weighted by atomic mass is 9.38. The molecular formula is C41H55ClN2O4.